The Labute approximate surface area is 70.5 Å². The maximum Gasteiger partial charge on any atom is 0.209 e. The molecule has 0 unspecified atom stereocenters. The number of thioether (sulfide) groups is 1. The Morgan fingerprint density at radius 2 is 2.56 bits per heavy atom. The van der Waals surface area contributed by atoms with Gasteiger partial charge in [0.1, 0.15) is 0 Å². The minimum absolute atomic E-state index is 0.806. The van der Waals surface area contributed by atoms with E-state index < -0.39 is 0 Å². The third-order valence-corrected chi connectivity index (χ3v) is 2.10. The molecule has 0 saturated carbocycles. The number of hydrogen-bond acceptors (Lipinski definition) is 4. The van der Waals surface area contributed by atoms with Gasteiger partial charge < -0.3 is 0 Å². The number of aromatic nitrogens is 4. The molecule has 0 atom stereocenters. The van der Waals surface area contributed by atoms with Crippen molar-refractivity contribution >= 4 is 34.4 Å². The van der Waals surface area contributed by atoms with Crippen molar-refractivity contribution in [2.45, 2.75) is 9.71 Å². The van der Waals surface area contributed by atoms with E-state index in [1.165, 1.54) is 0 Å². The highest BCUT2D eigenvalue weighted by Crippen LogP contribution is 2.08. The van der Waals surface area contributed by atoms with Crippen LogP contribution in [0.5, 0.6) is 0 Å². The van der Waals surface area contributed by atoms with Crippen LogP contribution < -0.4 is 0 Å². The third-order valence-electron chi connectivity index (χ3n) is 0.795. The summed E-state index contributed by atoms with van der Waals surface area (Å²) in [6.45, 7) is 0. The van der Waals surface area contributed by atoms with Gasteiger partial charge in [0.25, 0.3) is 0 Å². The van der Waals surface area contributed by atoms with Crippen LogP contribution in [-0.4, -0.2) is 26.5 Å². The SMILES string of the molecule is CSc1nnnn1CI. The lowest BCUT2D eigenvalue weighted by atomic mass is 11.2. The topological polar surface area (TPSA) is 43.6 Å². The van der Waals surface area contributed by atoms with E-state index in [4.69, 9.17) is 0 Å². The minimum atomic E-state index is 0.806. The average molecular weight is 256 g/mol. The highest BCUT2D eigenvalue weighted by atomic mass is 127. The quantitative estimate of drug-likeness (QED) is 0.445. The summed E-state index contributed by atoms with van der Waals surface area (Å²) in [5.74, 6) is 0. The summed E-state index contributed by atoms with van der Waals surface area (Å²) in [6.07, 6.45) is 1.95. The van der Waals surface area contributed by atoms with Crippen molar-refractivity contribution in [2.24, 2.45) is 0 Å². The Hall–Kier alpha value is 0.150. The average Bonchev–Trinajstić information content (AvgIpc) is 2.33. The largest absolute Gasteiger partial charge is 0.210 e. The van der Waals surface area contributed by atoms with Crippen LogP contribution in [0.15, 0.2) is 5.16 Å². The molecule has 0 aliphatic carbocycles. The fraction of sp³-hybridized carbons (Fsp3) is 0.667. The molecule has 0 aliphatic heterocycles. The summed E-state index contributed by atoms with van der Waals surface area (Å²) in [6, 6.07) is 0. The minimum Gasteiger partial charge on any atom is -0.210 e. The maximum absolute atomic E-state index is 3.77. The molecule has 0 fully saturated rings. The van der Waals surface area contributed by atoms with Crippen LogP contribution in [0.2, 0.25) is 0 Å². The molecule has 1 rings (SSSR count). The molecule has 0 aromatic carbocycles. The Morgan fingerprint density at radius 3 is 3.00 bits per heavy atom. The molecule has 0 saturated heterocycles. The van der Waals surface area contributed by atoms with Crippen LogP contribution in [0.4, 0.5) is 0 Å². The summed E-state index contributed by atoms with van der Waals surface area (Å²) < 4.78 is 2.55. The van der Waals surface area contributed by atoms with Crippen LogP contribution in [0.25, 0.3) is 0 Å². The van der Waals surface area contributed by atoms with Crippen molar-refractivity contribution in [1.29, 1.82) is 0 Å². The Kier molecular flexibility index (Phi) is 2.70. The lowest BCUT2D eigenvalue weighted by Gasteiger charge is -1.92. The lowest BCUT2D eigenvalue weighted by Crippen LogP contribution is -1.95. The van der Waals surface area contributed by atoms with Crippen molar-refractivity contribution in [3.8, 4) is 0 Å². The molecule has 1 aromatic heterocycles. The molecule has 6 heteroatoms. The molecule has 1 aromatic rings. The van der Waals surface area contributed by atoms with Gasteiger partial charge in [0.2, 0.25) is 5.16 Å². The molecule has 0 N–H and O–H groups in total. The number of nitrogens with zero attached hydrogens (tertiary/aromatic N) is 4. The highest BCUT2D eigenvalue weighted by molar-refractivity contribution is 14.1. The van der Waals surface area contributed by atoms with Gasteiger partial charge in [-0.2, -0.15) is 0 Å². The molecule has 0 amide bonds. The van der Waals surface area contributed by atoms with Gasteiger partial charge in [0.15, 0.2) is 0 Å². The van der Waals surface area contributed by atoms with E-state index in [0.717, 1.165) is 9.71 Å². The number of alkyl halides is 1. The van der Waals surface area contributed by atoms with E-state index in [-0.39, 0.29) is 0 Å². The van der Waals surface area contributed by atoms with Crippen molar-refractivity contribution < 1.29 is 0 Å². The van der Waals surface area contributed by atoms with Gasteiger partial charge in [-0.15, -0.1) is 5.10 Å². The highest BCUT2D eigenvalue weighted by Gasteiger charge is 1.99. The summed E-state index contributed by atoms with van der Waals surface area (Å²) in [5, 5.41) is 11.9. The van der Waals surface area contributed by atoms with Gasteiger partial charge in [-0.1, -0.05) is 34.4 Å². The second kappa shape index (κ2) is 3.35. The zero-order valence-electron chi connectivity index (χ0n) is 4.78. The van der Waals surface area contributed by atoms with Crippen LogP contribution in [-0.2, 0) is 4.55 Å². The van der Waals surface area contributed by atoms with E-state index in [1.807, 2.05) is 6.26 Å². The molecule has 0 bridgehead atoms. The molecule has 0 spiro atoms. The third kappa shape index (κ3) is 1.54. The van der Waals surface area contributed by atoms with Gasteiger partial charge in [-0.05, 0) is 16.7 Å². The second-order valence-corrected chi connectivity index (χ2v) is 2.74. The number of rotatable bonds is 2. The number of hydrogen-bond donors (Lipinski definition) is 0. The first-order chi connectivity index (χ1) is 4.38. The first kappa shape index (κ1) is 7.26. The van der Waals surface area contributed by atoms with Crippen molar-refractivity contribution in [1.82, 2.24) is 20.2 Å². The molecular formula is C3H5IN4S. The first-order valence-corrected chi connectivity index (χ1v) is 4.99. The van der Waals surface area contributed by atoms with Crippen molar-refractivity contribution in [3.63, 3.8) is 0 Å². The zero-order valence-corrected chi connectivity index (χ0v) is 7.76. The van der Waals surface area contributed by atoms with Gasteiger partial charge in [-0.25, -0.2) is 4.68 Å². The molecule has 0 aliphatic rings. The van der Waals surface area contributed by atoms with Gasteiger partial charge in [-0.3, -0.25) is 0 Å². The van der Waals surface area contributed by atoms with Gasteiger partial charge >= 0.3 is 0 Å². The number of halogens is 1. The standard InChI is InChI=1S/C3H5IN4S/c1-9-3-5-6-7-8(3)2-4/h2H2,1H3. The van der Waals surface area contributed by atoms with Crippen LogP contribution in [0.1, 0.15) is 0 Å². The van der Waals surface area contributed by atoms with Gasteiger partial charge in [0, 0.05) is 0 Å². The van der Waals surface area contributed by atoms with Crippen molar-refractivity contribution in [2.75, 3.05) is 6.26 Å². The van der Waals surface area contributed by atoms with E-state index in [9.17, 15) is 0 Å². The molecular weight excluding hydrogens is 251 g/mol. The normalized spacial score (nSPS) is 10.0. The molecule has 4 nitrogen and oxygen atoms in total. The van der Waals surface area contributed by atoms with E-state index >= 15 is 0 Å². The second-order valence-electron chi connectivity index (χ2n) is 1.28. The molecule has 1 heterocycles. The van der Waals surface area contributed by atoms with E-state index in [0.29, 0.717) is 0 Å². The summed E-state index contributed by atoms with van der Waals surface area (Å²) in [4.78, 5) is 0. The lowest BCUT2D eigenvalue weighted by molar-refractivity contribution is 0.665. The summed E-state index contributed by atoms with van der Waals surface area (Å²) in [5.41, 5.74) is 0. The van der Waals surface area contributed by atoms with E-state index in [1.54, 1.807) is 16.4 Å². The van der Waals surface area contributed by atoms with Gasteiger partial charge in [0.05, 0.1) is 4.55 Å². The molecule has 50 valence electrons. The molecule has 0 radical (unpaired) electrons. The smallest absolute Gasteiger partial charge is 0.209 e. The maximum atomic E-state index is 3.77. The molecule has 9 heavy (non-hydrogen) atoms. The summed E-state index contributed by atoms with van der Waals surface area (Å²) in [7, 11) is 0. The predicted octanol–water partition coefficient (Wildman–Crippen LogP) is 0.787. The fourth-order valence-corrected chi connectivity index (χ4v) is 1.54. The number of tetrazole rings is 1. The van der Waals surface area contributed by atoms with Crippen LogP contribution in [0, 0.1) is 0 Å². The fourth-order valence-electron chi connectivity index (χ4n) is 0.418. The monoisotopic (exact) mass is 256 g/mol. The summed E-state index contributed by atoms with van der Waals surface area (Å²) >= 11 is 3.75. The Bertz CT molecular complexity index is 169. The van der Waals surface area contributed by atoms with E-state index in [2.05, 4.69) is 38.1 Å². The van der Waals surface area contributed by atoms with Crippen molar-refractivity contribution in [3.05, 3.63) is 0 Å². The first-order valence-electron chi connectivity index (χ1n) is 2.24. The Balaban J connectivity index is 2.85. The van der Waals surface area contributed by atoms with Crippen LogP contribution in [0.3, 0.4) is 0 Å². The van der Waals surface area contributed by atoms with Crippen LogP contribution >= 0.6 is 34.4 Å². The Morgan fingerprint density at radius 1 is 1.78 bits per heavy atom. The predicted molar refractivity (Wildman–Crippen MR) is 43.6 cm³/mol. The zero-order chi connectivity index (χ0) is 6.69.